The van der Waals surface area contributed by atoms with E-state index in [1.54, 1.807) is 0 Å². The van der Waals surface area contributed by atoms with Gasteiger partial charge >= 0.3 is 5.97 Å². The molecule has 388 valence electrons. The quantitative estimate of drug-likeness (QED) is 0.0417. The summed E-state index contributed by atoms with van der Waals surface area (Å²) in [5.41, 5.74) is 0. The van der Waals surface area contributed by atoms with E-state index in [9.17, 15) is 19.8 Å². The van der Waals surface area contributed by atoms with Crippen LogP contribution in [0.25, 0.3) is 0 Å². The number of esters is 1. The van der Waals surface area contributed by atoms with Gasteiger partial charge in [0.1, 0.15) is 0 Å². The summed E-state index contributed by atoms with van der Waals surface area (Å²) in [4.78, 5) is 24.6. The van der Waals surface area contributed by atoms with Crippen LogP contribution in [-0.4, -0.2) is 47.4 Å². The van der Waals surface area contributed by atoms with Gasteiger partial charge in [0.05, 0.1) is 25.4 Å². The fourth-order valence-corrected chi connectivity index (χ4v) is 9.58. The number of hydrogen-bond acceptors (Lipinski definition) is 5. The molecular formula is C59H117NO5. The zero-order valence-electron chi connectivity index (χ0n) is 44.3. The normalized spacial score (nSPS) is 12.5. The van der Waals surface area contributed by atoms with E-state index in [1.807, 2.05) is 0 Å². The van der Waals surface area contributed by atoms with Crippen LogP contribution in [-0.2, 0) is 14.3 Å². The van der Waals surface area contributed by atoms with E-state index in [-0.39, 0.29) is 18.5 Å². The lowest BCUT2D eigenvalue weighted by Gasteiger charge is -2.22. The predicted molar refractivity (Wildman–Crippen MR) is 283 cm³/mol. The molecular weight excluding hydrogens is 803 g/mol. The first-order valence-electron chi connectivity index (χ1n) is 29.8. The summed E-state index contributed by atoms with van der Waals surface area (Å²) in [5, 5.41) is 23.3. The Bertz CT molecular complexity index is 928. The van der Waals surface area contributed by atoms with Crippen molar-refractivity contribution < 1.29 is 24.5 Å². The number of amides is 1. The van der Waals surface area contributed by atoms with Gasteiger partial charge < -0.3 is 20.3 Å². The molecule has 0 aromatic rings. The van der Waals surface area contributed by atoms with Gasteiger partial charge in [-0.05, 0) is 25.7 Å². The molecule has 0 fully saturated rings. The molecule has 0 spiro atoms. The number of carbonyl (C=O) groups is 2. The van der Waals surface area contributed by atoms with Crippen molar-refractivity contribution in [1.29, 1.82) is 0 Å². The average molecular weight is 921 g/mol. The molecule has 3 N–H and O–H groups in total. The highest BCUT2D eigenvalue weighted by Gasteiger charge is 2.20. The maximum absolute atomic E-state index is 12.5. The van der Waals surface area contributed by atoms with Gasteiger partial charge in [0.25, 0.3) is 0 Å². The number of ether oxygens (including phenoxy) is 1. The largest absolute Gasteiger partial charge is 0.466 e. The van der Waals surface area contributed by atoms with Crippen molar-refractivity contribution in [2.24, 2.45) is 0 Å². The minimum Gasteiger partial charge on any atom is -0.466 e. The Kier molecular flexibility index (Phi) is 54.5. The van der Waals surface area contributed by atoms with Crippen LogP contribution in [0.1, 0.15) is 341 Å². The number of aliphatic hydroxyl groups excluding tert-OH is 2. The fraction of sp³-hybridized carbons (Fsp3) is 0.966. The van der Waals surface area contributed by atoms with Crippen molar-refractivity contribution >= 4 is 11.9 Å². The van der Waals surface area contributed by atoms with Gasteiger partial charge in [-0.25, -0.2) is 0 Å². The predicted octanol–water partition coefficient (Wildman–Crippen LogP) is 18.3. The van der Waals surface area contributed by atoms with Gasteiger partial charge in [-0.1, -0.05) is 303 Å². The Balaban J connectivity index is 3.44. The summed E-state index contributed by atoms with van der Waals surface area (Å²) in [6.45, 7) is 4.93. The molecule has 0 bridgehead atoms. The maximum Gasteiger partial charge on any atom is 0.305 e. The first-order valence-corrected chi connectivity index (χ1v) is 29.8. The van der Waals surface area contributed by atoms with Gasteiger partial charge in [0.15, 0.2) is 0 Å². The van der Waals surface area contributed by atoms with E-state index in [1.165, 1.54) is 250 Å². The first kappa shape index (κ1) is 63.9. The third-order valence-electron chi connectivity index (χ3n) is 14.2. The van der Waals surface area contributed by atoms with Crippen molar-refractivity contribution in [2.75, 3.05) is 13.2 Å². The summed E-state index contributed by atoms with van der Waals surface area (Å²) in [6, 6.07) is -0.561. The first-order chi connectivity index (χ1) is 32.0. The van der Waals surface area contributed by atoms with Gasteiger partial charge in [-0.15, -0.1) is 0 Å². The molecule has 0 aliphatic heterocycles. The second-order valence-electron chi connectivity index (χ2n) is 20.7. The topological polar surface area (TPSA) is 95.9 Å². The van der Waals surface area contributed by atoms with Crippen LogP contribution in [0.5, 0.6) is 0 Å². The monoisotopic (exact) mass is 920 g/mol. The van der Waals surface area contributed by atoms with Crippen molar-refractivity contribution in [2.45, 2.75) is 353 Å². The van der Waals surface area contributed by atoms with Gasteiger partial charge in [-0.3, -0.25) is 9.59 Å². The van der Waals surface area contributed by atoms with Crippen LogP contribution >= 0.6 is 0 Å². The number of rotatable bonds is 56. The van der Waals surface area contributed by atoms with Crippen molar-refractivity contribution in [1.82, 2.24) is 5.32 Å². The van der Waals surface area contributed by atoms with E-state index >= 15 is 0 Å². The number of hydrogen-bond donors (Lipinski definition) is 3. The van der Waals surface area contributed by atoms with E-state index in [0.717, 1.165) is 57.8 Å². The molecule has 1 amide bonds. The van der Waals surface area contributed by atoms with Gasteiger partial charge in [0.2, 0.25) is 5.91 Å². The lowest BCUT2D eigenvalue weighted by atomic mass is 10.0. The Morgan fingerprint density at radius 1 is 0.369 bits per heavy atom. The third-order valence-corrected chi connectivity index (χ3v) is 14.2. The molecule has 0 aromatic heterocycles. The van der Waals surface area contributed by atoms with E-state index in [0.29, 0.717) is 25.9 Å². The molecule has 0 saturated carbocycles. The third kappa shape index (κ3) is 52.1. The smallest absolute Gasteiger partial charge is 0.305 e. The Morgan fingerprint density at radius 2 is 0.631 bits per heavy atom. The average Bonchev–Trinajstić information content (AvgIpc) is 3.31. The van der Waals surface area contributed by atoms with E-state index in [4.69, 9.17) is 4.74 Å². The van der Waals surface area contributed by atoms with Crippen LogP contribution in [0.3, 0.4) is 0 Å². The van der Waals surface area contributed by atoms with Crippen LogP contribution in [0.4, 0.5) is 0 Å². The number of aliphatic hydroxyl groups is 2. The second-order valence-corrected chi connectivity index (χ2v) is 20.7. The summed E-state index contributed by atoms with van der Waals surface area (Å²) in [6.07, 6.45) is 63.8. The summed E-state index contributed by atoms with van der Waals surface area (Å²) >= 11 is 0. The molecule has 0 radical (unpaired) electrons. The van der Waals surface area contributed by atoms with E-state index in [2.05, 4.69) is 19.2 Å². The van der Waals surface area contributed by atoms with Crippen molar-refractivity contribution in [3.05, 3.63) is 0 Å². The minimum atomic E-state index is -0.681. The maximum atomic E-state index is 12.5. The molecule has 2 atom stereocenters. The summed E-state index contributed by atoms with van der Waals surface area (Å²) in [5.74, 6) is -0.0766. The molecule has 0 aromatic carbocycles. The second kappa shape index (κ2) is 55.5. The fourth-order valence-electron chi connectivity index (χ4n) is 9.58. The molecule has 6 heteroatoms. The van der Waals surface area contributed by atoms with E-state index < -0.39 is 12.1 Å². The molecule has 0 heterocycles. The van der Waals surface area contributed by atoms with Crippen LogP contribution in [0.15, 0.2) is 0 Å². The summed E-state index contributed by atoms with van der Waals surface area (Å²) < 4.78 is 5.47. The highest BCUT2D eigenvalue weighted by atomic mass is 16.5. The highest BCUT2D eigenvalue weighted by Crippen LogP contribution is 2.18. The van der Waals surface area contributed by atoms with Gasteiger partial charge in [0, 0.05) is 12.8 Å². The number of unbranched alkanes of at least 4 members (excludes halogenated alkanes) is 45. The summed E-state index contributed by atoms with van der Waals surface area (Å²) in [7, 11) is 0. The zero-order valence-corrected chi connectivity index (χ0v) is 44.3. The standard InChI is InChI=1S/C59H117NO5/c1-3-5-7-9-11-13-15-17-19-21-22-23-24-25-27-28-30-32-35-39-43-47-51-57(62)56(55-61)60-58(63)52-48-44-40-36-34-38-42-46-50-54-65-59(64)53-49-45-41-37-33-31-29-26-20-18-16-14-12-10-8-6-4-2/h56-57,61-62H,3-55H2,1-2H3,(H,60,63). The van der Waals surface area contributed by atoms with Crippen molar-refractivity contribution in [3.63, 3.8) is 0 Å². The van der Waals surface area contributed by atoms with Crippen molar-refractivity contribution in [3.8, 4) is 0 Å². The Hall–Kier alpha value is -1.14. The lowest BCUT2D eigenvalue weighted by molar-refractivity contribution is -0.143. The molecule has 2 unspecified atom stereocenters. The SMILES string of the molecule is CCCCCCCCCCCCCCCCCCCCCCCCC(O)C(CO)NC(=O)CCCCCCCCCCCOC(=O)CCCCCCCCCCCCCCCCCCC. The molecule has 65 heavy (non-hydrogen) atoms. The minimum absolute atomic E-state index is 0.0193. The molecule has 0 aliphatic carbocycles. The lowest BCUT2D eigenvalue weighted by Crippen LogP contribution is -2.45. The molecule has 6 nitrogen and oxygen atoms in total. The van der Waals surface area contributed by atoms with Crippen LogP contribution in [0.2, 0.25) is 0 Å². The van der Waals surface area contributed by atoms with Crippen LogP contribution in [0, 0.1) is 0 Å². The highest BCUT2D eigenvalue weighted by molar-refractivity contribution is 5.76. The number of carbonyl (C=O) groups excluding carboxylic acids is 2. The Morgan fingerprint density at radius 3 is 0.938 bits per heavy atom. The van der Waals surface area contributed by atoms with Crippen LogP contribution < -0.4 is 5.32 Å². The molecule has 0 aliphatic rings. The molecule has 0 saturated heterocycles. The molecule has 0 rings (SSSR count). The zero-order chi connectivity index (χ0) is 47.2. The number of nitrogens with one attached hydrogen (secondary N) is 1. The van der Waals surface area contributed by atoms with Gasteiger partial charge in [-0.2, -0.15) is 0 Å². The Labute approximate surface area is 406 Å².